The van der Waals surface area contributed by atoms with Gasteiger partial charge < -0.3 is 14.1 Å². The molecule has 0 bridgehead atoms. The predicted octanol–water partition coefficient (Wildman–Crippen LogP) is 2.22. The minimum absolute atomic E-state index is 0.288. The van der Waals surface area contributed by atoms with Gasteiger partial charge >= 0.3 is 5.97 Å². The molecule has 0 radical (unpaired) electrons. The minimum Gasteiger partial charge on any atom is -0.464 e. The summed E-state index contributed by atoms with van der Waals surface area (Å²) in [7, 11) is 1.31. The third-order valence-corrected chi connectivity index (χ3v) is 2.44. The quantitative estimate of drug-likeness (QED) is 0.850. The van der Waals surface area contributed by atoms with Crippen LogP contribution in [-0.2, 0) is 4.74 Å². The Bertz CT molecular complexity index is 489. The number of carbonyl (C=O) groups excluding carboxylic acids is 1. The van der Waals surface area contributed by atoms with Gasteiger partial charge in [0.25, 0.3) is 0 Å². The number of nitrogens with zero attached hydrogens (tertiary/aromatic N) is 1. The number of hydrogen-bond acceptors (Lipinski definition) is 4. The van der Waals surface area contributed by atoms with Gasteiger partial charge in [0.15, 0.2) is 11.6 Å². The second kappa shape index (κ2) is 3.90. The van der Waals surface area contributed by atoms with Gasteiger partial charge in [-0.1, -0.05) is 0 Å². The van der Waals surface area contributed by atoms with Crippen LogP contribution in [0.2, 0.25) is 0 Å². The zero-order valence-corrected chi connectivity index (χ0v) is 9.37. The van der Waals surface area contributed by atoms with Crippen molar-refractivity contribution in [3.8, 4) is 11.6 Å². The van der Waals surface area contributed by atoms with Gasteiger partial charge in [0.2, 0.25) is 0 Å². The smallest absolute Gasteiger partial charge is 0.356 e. The largest absolute Gasteiger partial charge is 0.464 e. The number of ether oxygens (including phenoxy) is 1. The molecule has 78 valence electrons. The number of methoxy groups -OCH3 is 1. The van der Waals surface area contributed by atoms with E-state index in [2.05, 4.69) is 30.6 Å². The number of aromatic amines is 1. The molecule has 0 saturated carbocycles. The molecular formula is C9H7BrN2O3. The second-order valence-electron chi connectivity index (χ2n) is 2.73. The monoisotopic (exact) mass is 270 g/mol. The normalized spacial score (nSPS) is 10.3. The van der Waals surface area contributed by atoms with Crippen LogP contribution in [-0.4, -0.2) is 23.0 Å². The molecule has 2 aromatic rings. The number of carbonyl (C=O) groups is 1. The van der Waals surface area contributed by atoms with Crippen LogP contribution < -0.4 is 0 Å². The number of esters is 1. The van der Waals surface area contributed by atoms with Crippen molar-refractivity contribution in [2.45, 2.75) is 0 Å². The fraction of sp³-hybridized carbons (Fsp3) is 0.111. The SMILES string of the molecule is COC(=O)c1cnc(-c2occc2Br)[nH]1. The van der Waals surface area contributed by atoms with Crippen LogP contribution in [0.5, 0.6) is 0 Å². The van der Waals surface area contributed by atoms with Crippen molar-refractivity contribution in [3.63, 3.8) is 0 Å². The highest BCUT2D eigenvalue weighted by atomic mass is 79.9. The summed E-state index contributed by atoms with van der Waals surface area (Å²) in [5.74, 6) is 0.564. The summed E-state index contributed by atoms with van der Waals surface area (Å²) in [5, 5.41) is 0. The number of halogens is 1. The fourth-order valence-electron chi connectivity index (χ4n) is 1.11. The Morgan fingerprint density at radius 1 is 1.67 bits per heavy atom. The molecule has 0 aromatic carbocycles. The molecule has 0 amide bonds. The van der Waals surface area contributed by atoms with Crippen LogP contribution in [0.4, 0.5) is 0 Å². The fourth-order valence-corrected chi connectivity index (χ4v) is 1.50. The second-order valence-corrected chi connectivity index (χ2v) is 3.59. The first-order chi connectivity index (χ1) is 7.22. The van der Waals surface area contributed by atoms with Crippen LogP contribution in [0.25, 0.3) is 11.6 Å². The molecular weight excluding hydrogens is 264 g/mol. The summed E-state index contributed by atoms with van der Waals surface area (Å²) in [5.41, 5.74) is 0.288. The van der Waals surface area contributed by atoms with Crippen LogP contribution in [0.3, 0.4) is 0 Å². The standard InChI is InChI=1S/C9H7BrN2O3/c1-14-9(13)6-4-11-8(12-6)7-5(10)2-3-15-7/h2-4H,1H3,(H,11,12). The molecule has 0 atom stereocenters. The number of imidazole rings is 1. The van der Waals surface area contributed by atoms with E-state index in [1.807, 2.05) is 0 Å². The van der Waals surface area contributed by atoms with Gasteiger partial charge in [-0.05, 0) is 22.0 Å². The first-order valence-electron chi connectivity index (χ1n) is 4.09. The summed E-state index contributed by atoms with van der Waals surface area (Å²) < 4.78 is 10.5. The Balaban J connectivity index is 2.36. The van der Waals surface area contributed by atoms with E-state index in [0.717, 1.165) is 4.47 Å². The van der Waals surface area contributed by atoms with E-state index in [4.69, 9.17) is 4.42 Å². The Hall–Kier alpha value is -1.56. The maximum absolute atomic E-state index is 11.1. The third kappa shape index (κ3) is 1.80. The molecule has 0 fully saturated rings. The van der Waals surface area contributed by atoms with Crippen molar-refractivity contribution in [1.29, 1.82) is 0 Å². The van der Waals surface area contributed by atoms with Crippen molar-refractivity contribution in [2.24, 2.45) is 0 Å². The molecule has 15 heavy (non-hydrogen) atoms. The first-order valence-corrected chi connectivity index (χ1v) is 4.88. The van der Waals surface area contributed by atoms with Gasteiger partial charge in [-0.15, -0.1) is 0 Å². The van der Waals surface area contributed by atoms with E-state index < -0.39 is 5.97 Å². The Labute approximate surface area is 93.6 Å². The van der Waals surface area contributed by atoms with E-state index in [-0.39, 0.29) is 5.69 Å². The Morgan fingerprint density at radius 2 is 2.47 bits per heavy atom. The van der Waals surface area contributed by atoms with Crippen molar-refractivity contribution in [2.75, 3.05) is 7.11 Å². The molecule has 0 aliphatic carbocycles. The lowest BCUT2D eigenvalue weighted by Crippen LogP contribution is -2.00. The van der Waals surface area contributed by atoms with Gasteiger partial charge in [-0.3, -0.25) is 0 Å². The lowest BCUT2D eigenvalue weighted by atomic mass is 10.4. The van der Waals surface area contributed by atoms with E-state index in [1.165, 1.54) is 19.6 Å². The predicted molar refractivity (Wildman–Crippen MR) is 55.3 cm³/mol. The highest BCUT2D eigenvalue weighted by Gasteiger charge is 2.14. The number of nitrogens with one attached hydrogen (secondary N) is 1. The van der Waals surface area contributed by atoms with Gasteiger partial charge in [-0.2, -0.15) is 0 Å². The molecule has 5 nitrogen and oxygen atoms in total. The highest BCUT2D eigenvalue weighted by molar-refractivity contribution is 9.10. The topological polar surface area (TPSA) is 68.1 Å². The Kier molecular flexibility index (Phi) is 2.59. The molecule has 0 unspecified atom stereocenters. The van der Waals surface area contributed by atoms with Crippen LogP contribution in [0.1, 0.15) is 10.5 Å². The number of furan rings is 1. The molecule has 6 heteroatoms. The summed E-state index contributed by atoms with van der Waals surface area (Å²) in [6, 6.07) is 1.75. The molecule has 0 spiro atoms. The summed E-state index contributed by atoms with van der Waals surface area (Å²) in [6.07, 6.45) is 2.93. The Morgan fingerprint density at radius 3 is 3.07 bits per heavy atom. The van der Waals surface area contributed by atoms with Crippen LogP contribution >= 0.6 is 15.9 Å². The van der Waals surface area contributed by atoms with Gasteiger partial charge in [0.1, 0.15) is 5.69 Å². The zero-order chi connectivity index (χ0) is 10.8. The molecule has 0 aliphatic heterocycles. The lowest BCUT2D eigenvalue weighted by molar-refractivity contribution is 0.0595. The van der Waals surface area contributed by atoms with Crippen molar-refractivity contribution in [3.05, 3.63) is 28.7 Å². The summed E-state index contributed by atoms with van der Waals surface area (Å²) in [4.78, 5) is 18.0. The van der Waals surface area contributed by atoms with Crippen molar-refractivity contribution in [1.82, 2.24) is 9.97 Å². The summed E-state index contributed by atoms with van der Waals surface area (Å²) in [6.45, 7) is 0. The van der Waals surface area contributed by atoms with Crippen LogP contribution in [0.15, 0.2) is 27.4 Å². The summed E-state index contributed by atoms with van der Waals surface area (Å²) >= 11 is 3.30. The minimum atomic E-state index is -0.462. The van der Waals surface area contributed by atoms with Gasteiger partial charge in [0.05, 0.1) is 24.0 Å². The zero-order valence-electron chi connectivity index (χ0n) is 7.78. The number of rotatable bonds is 2. The average Bonchev–Trinajstić information content (AvgIpc) is 2.84. The third-order valence-electron chi connectivity index (χ3n) is 1.81. The van der Waals surface area contributed by atoms with Crippen LogP contribution in [0, 0.1) is 0 Å². The van der Waals surface area contributed by atoms with Crippen molar-refractivity contribution < 1.29 is 13.9 Å². The maximum atomic E-state index is 11.1. The number of hydrogen-bond donors (Lipinski definition) is 1. The number of H-pyrrole nitrogens is 1. The van der Waals surface area contributed by atoms with Crippen molar-refractivity contribution >= 4 is 21.9 Å². The van der Waals surface area contributed by atoms with Gasteiger partial charge in [-0.25, -0.2) is 9.78 Å². The average molecular weight is 271 g/mol. The van der Waals surface area contributed by atoms with E-state index >= 15 is 0 Å². The molecule has 2 heterocycles. The first kappa shape index (κ1) is 9.97. The molecule has 0 saturated heterocycles. The van der Waals surface area contributed by atoms with E-state index in [1.54, 1.807) is 6.07 Å². The maximum Gasteiger partial charge on any atom is 0.356 e. The van der Waals surface area contributed by atoms with E-state index in [0.29, 0.717) is 11.6 Å². The molecule has 1 N–H and O–H groups in total. The molecule has 0 aliphatic rings. The highest BCUT2D eigenvalue weighted by Crippen LogP contribution is 2.26. The lowest BCUT2D eigenvalue weighted by Gasteiger charge is -1.93. The van der Waals surface area contributed by atoms with E-state index in [9.17, 15) is 4.79 Å². The molecule has 2 rings (SSSR count). The van der Waals surface area contributed by atoms with Gasteiger partial charge in [0, 0.05) is 0 Å². The number of aromatic nitrogens is 2. The molecule has 2 aromatic heterocycles.